The molecule has 1 heterocycles. The zero-order valence-electron chi connectivity index (χ0n) is 11.6. The van der Waals surface area contributed by atoms with Crippen LogP contribution in [0.25, 0.3) is 6.08 Å². The summed E-state index contributed by atoms with van der Waals surface area (Å²) in [7, 11) is 0. The lowest BCUT2D eigenvalue weighted by Gasteiger charge is -2.17. The Bertz CT molecular complexity index is 573. The molecule has 1 N–H and O–H groups in total. The standard InChI is InChI=1S/C15H16O5S/c1-9-6-12(16)11(7-10-4-5-21-8-10)15(9)20-14(19)3-2-13(17)18/h4-5,7-9,15H,2-3,6H2,1H3,(H,17,18)/b11-7+. The Hall–Kier alpha value is -1.95. The molecule has 5 nitrogen and oxygen atoms in total. The van der Waals surface area contributed by atoms with Crippen LogP contribution in [-0.4, -0.2) is 28.9 Å². The number of hydrogen-bond donors (Lipinski definition) is 1. The minimum absolute atomic E-state index is 0.0234. The number of carbonyl (C=O) groups is 3. The second kappa shape index (κ2) is 6.67. The van der Waals surface area contributed by atoms with Gasteiger partial charge in [-0.1, -0.05) is 6.92 Å². The van der Waals surface area contributed by atoms with Crippen molar-refractivity contribution in [3.05, 3.63) is 28.0 Å². The lowest BCUT2D eigenvalue weighted by atomic mass is 10.1. The Morgan fingerprint density at radius 3 is 2.86 bits per heavy atom. The second-order valence-electron chi connectivity index (χ2n) is 5.07. The van der Waals surface area contributed by atoms with E-state index in [1.54, 1.807) is 6.08 Å². The van der Waals surface area contributed by atoms with Crippen LogP contribution in [0.4, 0.5) is 0 Å². The minimum atomic E-state index is -1.04. The van der Waals surface area contributed by atoms with Gasteiger partial charge in [-0.05, 0) is 28.5 Å². The number of carboxylic acid groups (broad SMARTS) is 1. The molecular formula is C15H16O5S. The predicted octanol–water partition coefficient (Wildman–Crippen LogP) is 2.52. The maximum Gasteiger partial charge on any atom is 0.306 e. The molecule has 1 aliphatic rings. The summed E-state index contributed by atoms with van der Waals surface area (Å²) in [5, 5.41) is 12.4. The van der Waals surface area contributed by atoms with Crippen LogP contribution in [0.3, 0.4) is 0 Å². The van der Waals surface area contributed by atoms with Crippen molar-refractivity contribution < 1.29 is 24.2 Å². The van der Waals surface area contributed by atoms with Crippen LogP contribution in [0.15, 0.2) is 22.4 Å². The van der Waals surface area contributed by atoms with Crippen molar-refractivity contribution in [3.8, 4) is 0 Å². The number of carbonyl (C=O) groups excluding carboxylic acids is 2. The number of ether oxygens (including phenoxy) is 1. The SMILES string of the molecule is CC1CC(=O)/C(=C\c2ccsc2)C1OC(=O)CCC(=O)O. The van der Waals surface area contributed by atoms with E-state index in [4.69, 9.17) is 9.84 Å². The van der Waals surface area contributed by atoms with Gasteiger partial charge >= 0.3 is 11.9 Å². The van der Waals surface area contributed by atoms with E-state index in [0.29, 0.717) is 12.0 Å². The normalized spacial score (nSPS) is 23.5. The van der Waals surface area contributed by atoms with Crippen LogP contribution in [0.2, 0.25) is 0 Å². The van der Waals surface area contributed by atoms with E-state index in [0.717, 1.165) is 5.56 Å². The van der Waals surface area contributed by atoms with Crippen LogP contribution in [-0.2, 0) is 19.1 Å². The van der Waals surface area contributed by atoms with Gasteiger partial charge in [0.2, 0.25) is 0 Å². The third-order valence-corrected chi connectivity index (χ3v) is 4.02. The van der Waals surface area contributed by atoms with Crippen LogP contribution in [0.1, 0.15) is 31.7 Å². The van der Waals surface area contributed by atoms with Gasteiger partial charge in [-0.2, -0.15) is 11.3 Å². The number of carboxylic acids is 1. The summed E-state index contributed by atoms with van der Waals surface area (Å²) in [6.07, 6.45) is 1.05. The fourth-order valence-electron chi connectivity index (χ4n) is 2.27. The first-order valence-electron chi connectivity index (χ1n) is 6.65. The van der Waals surface area contributed by atoms with Crippen molar-refractivity contribution in [1.82, 2.24) is 0 Å². The number of ketones is 1. The summed E-state index contributed by atoms with van der Waals surface area (Å²) in [6.45, 7) is 1.85. The average Bonchev–Trinajstić information content (AvgIpc) is 3.00. The summed E-state index contributed by atoms with van der Waals surface area (Å²) in [5.41, 5.74) is 1.40. The van der Waals surface area contributed by atoms with Crippen molar-refractivity contribution in [2.75, 3.05) is 0 Å². The molecule has 0 radical (unpaired) electrons. The molecule has 0 spiro atoms. The Balaban J connectivity index is 2.10. The average molecular weight is 308 g/mol. The van der Waals surface area contributed by atoms with Gasteiger partial charge in [-0.3, -0.25) is 14.4 Å². The Morgan fingerprint density at radius 1 is 1.48 bits per heavy atom. The van der Waals surface area contributed by atoms with E-state index in [-0.39, 0.29) is 24.5 Å². The largest absolute Gasteiger partial charge is 0.481 e. The van der Waals surface area contributed by atoms with E-state index in [2.05, 4.69) is 0 Å². The zero-order valence-corrected chi connectivity index (χ0v) is 12.4. The monoisotopic (exact) mass is 308 g/mol. The van der Waals surface area contributed by atoms with Gasteiger partial charge in [-0.15, -0.1) is 0 Å². The molecule has 1 fully saturated rings. The van der Waals surface area contributed by atoms with E-state index in [1.165, 1.54) is 11.3 Å². The molecule has 2 atom stereocenters. The molecule has 0 bridgehead atoms. The van der Waals surface area contributed by atoms with E-state index < -0.39 is 18.0 Å². The molecule has 0 amide bonds. The first kappa shape index (κ1) is 15.4. The maximum atomic E-state index is 12.0. The number of hydrogen-bond acceptors (Lipinski definition) is 5. The van der Waals surface area contributed by atoms with Gasteiger partial charge in [0.25, 0.3) is 0 Å². The fourth-order valence-corrected chi connectivity index (χ4v) is 2.89. The molecule has 21 heavy (non-hydrogen) atoms. The highest BCUT2D eigenvalue weighted by Crippen LogP contribution is 2.32. The van der Waals surface area contributed by atoms with E-state index >= 15 is 0 Å². The van der Waals surface area contributed by atoms with Crippen molar-refractivity contribution in [3.63, 3.8) is 0 Å². The third kappa shape index (κ3) is 4.01. The highest BCUT2D eigenvalue weighted by Gasteiger charge is 2.37. The van der Waals surface area contributed by atoms with E-state index in [9.17, 15) is 14.4 Å². The Labute approximate surface area is 126 Å². The number of aliphatic carboxylic acids is 1. The lowest BCUT2D eigenvalue weighted by molar-refractivity contribution is -0.151. The molecule has 0 aromatic carbocycles. The van der Waals surface area contributed by atoms with Crippen molar-refractivity contribution in [1.29, 1.82) is 0 Å². The molecule has 2 unspecified atom stereocenters. The Morgan fingerprint density at radius 2 is 2.24 bits per heavy atom. The van der Waals surface area contributed by atoms with Gasteiger partial charge in [0.1, 0.15) is 6.10 Å². The van der Waals surface area contributed by atoms with E-state index in [1.807, 2.05) is 23.8 Å². The number of rotatable bonds is 5. The summed E-state index contributed by atoms with van der Waals surface area (Å²) in [5.74, 6) is -1.74. The van der Waals surface area contributed by atoms with Gasteiger partial charge in [0.15, 0.2) is 5.78 Å². The van der Waals surface area contributed by atoms with Gasteiger partial charge in [0.05, 0.1) is 12.8 Å². The number of thiophene rings is 1. The summed E-state index contributed by atoms with van der Waals surface area (Å²) in [4.78, 5) is 34.2. The molecule has 1 aliphatic carbocycles. The van der Waals surface area contributed by atoms with Crippen molar-refractivity contribution >= 4 is 35.1 Å². The molecule has 1 aromatic rings. The highest BCUT2D eigenvalue weighted by atomic mass is 32.1. The minimum Gasteiger partial charge on any atom is -0.481 e. The van der Waals surface area contributed by atoms with Gasteiger partial charge in [-0.25, -0.2) is 0 Å². The van der Waals surface area contributed by atoms with Crippen LogP contribution >= 0.6 is 11.3 Å². The fraction of sp³-hybridized carbons (Fsp3) is 0.400. The third-order valence-electron chi connectivity index (χ3n) is 3.32. The van der Waals surface area contributed by atoms with Crippen molar-refractivity contribution in [2.24, 2.45) is 5.92 Å². The first-order valence-corrected chi connectivity index (χ1v) is 7.60. The van der Waals surface area contributed by atoms with Crippen LogP contribution in [0.5, 0.6) is 0 Å². The van der Waals surface area contributed by atoms with Gasteiger partial charge < -0.3 is 9.84 Å². The predicted molar refractivity (Wildman–Crippen MR) is 77.8 cm³/mol. The van der Waals surface area contributed by atoms with Crippen LogP contribution < -0.4 is 0 Å². The quantitative estimate of drug-likeness (QED) is 0.668. The smallest absolute Gasteiger partial charge is 0.306 e. The number of esters is 1. The summed E-state index contributed by atoms with van der Waals surface area (Å²) >= 11 is 1.52. The van der Waals surface area contributed by atoms with Crippen LogP contribution in [0, 0.1) is 5.92 Å². The molecular weight excluding hydrogens is 292 g/mol. The summed E-state index contributed by atoms with van der Waals surface area (Å²) < 4.78 is 5.32. The summed E-state index contributed by atoms with van der Waals surface area (Å²) in [6, 6.07) is 1.89. The molecule has 6 heteroatoms. The first-order chi connectivity index (χ1) is 9.97. The Kier molecular flexibility index (Phi) is 4.90. The second-order valence-corrected chi connectivity index (χ2v) is 5.85. The maximum absolute atomic E-state index is 12.0. The molecule has 0 aliphatic heterocycles. The lowest BCUT2D eigenvalue weighted by Crippen LogP contribution is -2.23. The number of Topliss-reactive ketones (excluding diaryl/α,β-unsaturated/α-hetero) is 1. The molecule has 1 aromatic heterocycles. The van der Waals surface area contributed by atoms with Gasteiger partial charge in [0, 0.05) is 17.9 Å². The molecule has 1 saturated carbocycles. The molecule has 0 saturated heterocycles. The molecule has 2 rings (SSSR count). The van der Waals surface area contributed by atoms with Crippen molar-refractivity contribution in [2.45, 2.75) is 32.3 Å². The molecule has 112 valence electrons. The topological polar surface area (TPSA) is 80.7 Å². The highest BCUT2D eigenvalue weighted by molar-refractivity contribution is 7.08. The zero-order chi connectivity index (χ0) is 15.4.